The van der Waals surface area contributed by atoms with Crippen LogP contribution in [0.2, 0.25) is 0 Å². The van der Waals surface area contributed by atoms with Gasteiger partial charge in [0, 0.05) is 28.0 Å². The third-order valence-corrected chi connectivity index (χ3v) is 7.60. The van der Waals surface area contributed by atoms with Crippen LogP contribution >= 0.6 is 23.5 Å². The molecule has 2 heterocycles. The first-order valence-electron chi connectivity index (χ1n) is 9.26. The zero-order valence-electron chi connectivity index (χ0n) is 15.3. The van der Waals surface area contributed by atoms with Gasteiger partial charge in [0.15, 0.2) is 5.16 Å². The Morgan fingerprint density at radius 1 is 1.00 bits per heavy atom. The SMILES string of the molecule is O=[N+]([O-])c1ccc(S[C@@H]2CSc3nc4ccccc4n3[C@H]2c2ccccc2)cc1. The van der Waals surface area contributed by atoms with Crippen LogP contribution in [0.25, 0.3) is 11.0 Å². The lowest BCUT2D eigenvalue weighted by atomic mass is 10.0. The second-order valence-corrected chi connectivity index (χ2v) is 9.13. The third kappa shape index (κ3) is 3.41. The molecule has 0 unspecified atom stereocenters. The third-order valence-electron chi connectivity index (χ3n) is 5.05. The van der Waals surface area contributed by atoms with E-state index in [4.69, 9.17) is 4.98 Å². The number of rotatable bonds is 4. The molecule has 0 saturated heterocycles. The number of aromatic nitrogens is 2. The molecule has 0 saturated carbocycles. The van der Waals surface area contributed by atoms with Gasteiger partial charge < -0.3 is 4.57 Å². The van der Waals surface area contributed by atoms with E-state index < -0.39 is 0 Å². The summed E-state index contributed by atoms with van der Waals surface area (Å²) < 4.78 is 2.35. The highest BCUT2D eigenvalue weighted by Crippen LogP contribution is 2.45. The number of nitro groups is 1. The first-order valence-corrected chi connectivity index (χ1v) is 11.1. The lowest BCUT2D eigenvalue weighted by Crippen LogP contribution is -2.29. The summed E-state index contributed by atoms with van der Waals surface area (Å²) in [6.07, 6.45) is 0. The van der Waals surface area contributed by atoms with Gasteiger partial charge in [-0.15, -0.1) is 11.8 Å². The molecule has 7 heteroatoms. The van der Waals surface area contributed by atoms with E-state index in [-0.39, 0.29) is 21.9 Å². The molecule has 0 N–H and O–H groups in total. The molecule has 1 aliphatic rings. The lowest BCUT2D eigenvalue weighted by Gasteiger charge is -2.33. The lowest BCUT2D eigenvalue weighted by molar-refractivity contribution is -0.384. The zero-order chi connectivity index (χ0) is 19.8. The van der Waals surface area contributed by atoms with Gasteiger partial charge in [-0.25, -0.2) is 4.98 Å². The van der Waals surface area contributed by atoms with Crippen molar-refractivity contribution in [3.05, 3.63) is 94.5 Å². The van der Waals surface area contributed by atoms with Crippen LogP contribution in [0.15, 0.2) is 88.9 Å². The smallest absolute Gasteiger partial charge is 0.269 e. The normalized spacial score (nSPS) is 18.5. The molecular formula is C22H17N3O2S2. The monoisotopic (exact) mass is 419 g/mol. The Bertz CT molecular complexity index is 1180. The first kappa shape index (κ1) is 18.3. The Balaban J connectivity index is 1.57. The van der Waals surface area contributed by atoms with Crippen molar-refractivity contribution in [2.24, 2.45) is 0 Å². The van der Waals surface area contributed by atoms with E-state index in [0.717, 1.165) is 26.8 Å². The molecule has 0 amide bonds. The predicted molar refractivity (Wildman–Crippen MR) is 118 cm³/mol. The highest BCUT2D eigenvalue weighted by molar-refractivity contribution is 8.03. The van der Waals surface area contributed by atoms with Crippen molar-refractivity contribution in [3.8, 4) is 0 Å². The molecule has 1 aromatic heterocycles. The van der Waals surface area contributed by atoms with Gasteiger partial charge in [-0.3, -0.25) is 10.1 Å². The fourth-order valence-electron chi connectivity index (χ4n) is 3.74. The summed E-state index contributed by atoms with van der Waals surface area (Å²) in [5, 5.41) is 12.3. The summed E-state index contributed by atoms with van der Waals surface area (Å²) in [6.45, 7) is 0. The largest absolute Gasteiger partial charge is 0.310 e. The van der Waals surface area contributed by atoms with E-state index in [1.807, 2.05) is 24.3 Å². The molecular weight excluding hydrogens is 402 g/mol. The van der Waals surface area contributed by atoms with E-state index in [9.17, 15) is 10.1 Å². The predicted octanol–water partition coefficient (Wildman–Crippen LogP) is 5.80. The minimum Gasteiger partial charge on any atom is -0.310 e. The van der Waals surface area contributed by atoms with Crippen LogP contribution in [0.5, 0.6) is 0 Å². The van der Waals surface area contributed by atoms with Crippen LogP contribution in [0.1, 0.15) is 11.6 Å². The van der Waals surface area contributed by atoms with Crippen LogP contribution in [-0.4, -0.2) is 25.5 Å². The molecule has 0 bridgehead atoms. The summed E-state index contributed by atoms with van der Waals surface area (Å²) in [5.41, 5.74) is 3.52. The molecule has 2 atom stereocenters. The standard InChI is InChI=1S/C22H17N3O2S2/c26-25(27)16-10-12-17(13-11-16)29-20-14-28-22-23-18-8-4-5-9-19(18)24(22)21(20)15-6-2-1-3-7-15/h1-13,20-21H,14H2/t20-,21+/m1/s1. The summed E-state index contributed by atoms with van der Waals surface area (Å²) in [4.78, 5) is 16.5. The number of benzene rings is 3. The van der Waals surface area contributed by atoms with Gasteiger partial charge in [0.05, 0.1) is 22.0 Å². The maximum Gasteiger partial charge on any atom is 0.269 e. The van der Waals surface area contributed by atoms with E-state index in [2.05, 4.69) is 47.0 Å². The zero-order valence-corrected chi connectivity index (χ0v) is 17.0. The first-order chi connectivity index (χ1) is 14.2. The van der Waals surface area contributed by atoms with Crippen LogP contribution < -0.4 is 0 Å². The van der Waals surface area contributed by atoms with Crippen molar-refractivity contribution in [2.75, 3.05) is 5.75 Å². The molecule has 29 heavy (non-hydrogen) atoms. The van der Waals surface area contributed by atoms with E-state index in [0.29, 0.717) is 0 Å². The van der Waals surface area contributed by atoms with Crippen molar-refractivity contribution in [1.29, 1.82) is 0 Å². The summed E-state index contributed by atoms with van der Waals surface area (Å²) in [5.74, 6) is 0.921. The molecule has 0 spiro atoms. The Morgan fingerprint density at radius 3 is 2.48 bits per heavy atom. The topological polar surface area (TPSA) is 61.0 Å². The van der Waals surface area contributed by atoms with Gasteiger partial charge >= 0.3 is 0 Å². The fraction of sp³-hybridized carbons (Fsp3) is 0.136. The van der Waals surface area contributed by atoms with Crippen molar-refractivity contribution < 1.29 is 4.92 Å². The number of nitrogens with zero attached hydrogens (tertiary/aromatic N) is 3. The Hall–Kier alpha value is -2.77. The molecule has 3 aromatic carbocycles. The van der Waals surface area contributed by atoms with Gasteiger partial charge in [0.1, 0.15) is 0 Å². The number of hydrogen-bond donors (Lipinski definition) is 0. The Labute approximate surface area is 176 Å². The van der Waals surface area contributed by atoms with E-state index in [1.165, 1.54) is 5.56 Å². The molecule has 0 aliphatic carbocycles. The maximum atomic E-state index is 11.0. The van der Waals surface area contributed by atoms with Crippen molar-refractivity contribution in [1.82, 2.24) is 9.55 Å². The van der Waals surface area contributed by atoms with Crippen LogP contribution in [0.4, 0.5) is 5.69 Å². The van der Waals surface area contributed by atoms with Crippen LogP contribution in [-0.2, 0) is 0 Å². The highest BCUT2D eigenvalue weighted by atomic mass is 32.2. The Kier molecular flexibility index (Phi) is 4.77. The number of non-ortho nitro benzene ring substituents is 1. The number of fused-ring (bicyclic) bond motifs is 3. The van der Waals surface area contributed by atoms with Gasteiger partial charge in [0.25, 0.3) is 5.69 Å². The molecule has 5 rings (SSSR count). The van der Waals surface area contributed by atoms with E-state index >= 15 is 0 Å². The van der Waals surface area contributed by atoms with Crippen molar-refractivity contribution in [2.45, 2.75) is 21.3 Å². The molecule has 4 aromatic rings. The highest BCUT2D eigenvalue weighted by Gasteiger charge is 2.34. The molecule has 0 radical (unpaired) electrons. The second kappa shape index (κ2) is 7.57. The quantitative estimate of drug-likeness (QED) is 0.309. The average molecular weight is 420 g/mol. The minimum absolute atomic E-state index is 0.120. The van der Waals surface area contributed by atoms with Crippen molar-refractivity contribution in [3.63, 3.8) is 0 Å². The molecule has 1 aliphatic heterocycles. The number of thioether (sulfide) groups is 2. The number of nitro benzene ring substituents is 1. The molecule has 0 fully saturated rings. The van der Waals surface area contributed by atoms with Crippen LogP contribution in [0, 0.1) is 10.1 Å². The van der Waals surface area contributed by atoms with Gasteiger partial charge in [-0.2, -0.15) is 0 Å². The van der Waals surface area contributed by atoms with Gasteiger partial charge in [-0.05, 0) is 29.8 Å². The fourth-order valence-corrected chi connectivity index (χ4v) is 6.28. The number of hydrogen-bond acceptors (Lipinski definition) is 5. The second-order valence-electron chi connectivity index (χ2n) is 6.83. The summed E-state index contributed by atoms with van der Waals surface area (Å²) in [7, 11) is 0. The number of para-hydroxylation sites is 2. The van der Waals surface area contributed by atoms with Crippen LogP contribution in [0.3, 0.4) is 0 Å². The number of imidazole rings is 1. The maximum absolute atomic E-state index is 11.0. The van der Waals surface area contributed by atoms with Gasteiger partial charge in [0.2, 0.25) is 0 Å². The average Bonchev–Trinajstić information content (AvgIpc) is 3.13. The molecule has 5 nitrogen and oxygen atoms in total. The molecule has 144 valence electrons. The Morgan fingerprint density at radius 2 is 1.72 bits per heavy atom. The van der Waals surface area contributed by atoms with Gasteiger partial charge in [-0.1, -0.05) is 54.2 Å². The summed E-state index contributed by atoms with van der Waals surface area (Å²) >= 11 is 3.54. The van der Waals surface area contributed by atoms with E-state index in [1.54, 1.807) is 35.7 Å². The summed E-state index contributed by atoms with van der Waals surface area (Å²) in [6, 6.07) is 25.8. The minimum atomic E-state index is -0.360. The van der Waals surface area contributed by atoms with Crippen molar-refractivity contribution >= 4 is 40.2 Å².